The van der Waals surface area contributed by atoms with Crippen molar-refractivity contribution in [2.45, 2.75) is 11.1 Å². The van der Waals surface area contributed by atoms with E-state index in [2.05, 4.69) is 0 Å². The molecule has 0 saturated carbocycles. The molecular weight excluding hydrogens is 337 g/mol. The Morgan fingerprint density at radius 3 is 2.17 bits per heavy atom. The van der Waals surface area contributed by atoms with Crippen LogP contribution in [0.15, 0.2) is 53.4 Å². The van der Waals surface area contributed by atoms with Gasteiger partial charge in [-0.2, -0.15) is 13.2 Å². The summed E-state index contributed by atoms with van der Waals surface area (Å²) in [5.74, 6) is 0. The Balaban J connectivity index is 2.46. The molecule has 2 rings (SSSR count). The molecule has 0 aliphatic carbocycles. The number of anilines is 1. The van der Waals surface area contributed by atoms with Gasteiger partial charge in [0, 0.05) is 6.07 Å². The monoisotopic (exact) mass is 346 g/mol. The van der Waals surface area contributed by atoms with Crippen molar-refractivity contribution in [1.82, 2.24) is 0 Å². The average Bonchev–Trinajstić information content (AvgIpc) is 2.46. The van der Waals surface area contributed by atoms with Gasteiger partial charge in [-0.05, 0) is 24.3 Å². The molecule has 0 aromatic heterocycles. The van der Waals surface area contributed by atoms with Crippen LogP contribution in [-0.4, -0.2) is 13.3 Å². The number of hydrogen-bond donors (Lipinski definition) is 1. The third-order valence-electron chi connectivity index (χ3n) is 2.82. The molecule has 2 aromatic carbocycles. The van der Waals surface area contributed by atoms with E-state index in [1.54, 1.807) is 6.07 Å². The SMILES string of the molecule is O=[N+]([O-])c1cc(C(F)(F)F)ccc1NS(=O)(=O)c1ccccc1. The number of rotatable bonds is 4. The molecule has 23 heavy (non-hydrogen) atoms. The van der Waals surface area contributed by atoms with E-state index in [-0.39, 0.29) is 11.0 Å². The maximum Gasteiger partial charge on any atom is 0.416 e. The molecule has 0 fully saturated rings. The number of hydrogen-bond acceptors (Lipinski definition) is 4. The van der Waals surface area contributed by atoms with Gasteiger partial charge in [0.05, 0.1) is 15.4 Å². The second-order valence-corrected chi connectivity index (χ2v) is 6.09. The standard InChI is InChI=1S/C13H9F3N2O4S/c14-13(15,16)9-6-7-11(12(8-9)18(19)20)17-23(21,22)10-4-2-1-3-5-10/h1-8,17H. The average molecular weight is 346 g/mol. The quantitative estimate of drug-likeness (QED) is 0.678. The maximum atomic E-state index is 12.6. The van der Waals surface area contributed by atoms with Gasteiger partial charge in [-0.3, -0.25) is 14.8 Å². The van der Waals surface area contributed by atoms with E-state index >= 15 is 0 Å². The fraction of sp³-hybridized carbons (Fsp3) is 0.0769. The highest BCUT2D eigenvalue weighted by Gasteiger charge is 2.33. The van der Waals surface area contributed by atoms with E-state index in [4.69, 9.17) is 0 Å². The Morgan fingerprint density at radius 1 is 1.04 bits per heavy atom. The van der Waals surface area contributed by atoms with Crippen LogP contribution in [0.25, 0.3) is 0 Å². The lowest BCUT2D eigenvalue weighted by atomic mass is 10.1. The fourth-order valence-corrected chi connectivity index (χ4v) is 2.84. The molecule has 0 heterocycles. The zero-order valence-electron chi connectivity index (χ0n) is 11.2. The Bertz CT molecular complexity index is 836. The Kier molecular flexibility index (Phi) is 4.28. The van der Waals surface area contributed by atoms with Crippen LogP contribution in [0.2, 0.25) is 0 Å². The first-order chi connectivity index (χ1) is 10.6. The number of benzene rings is 2. The van der Waals surface area contributed by atoms with E-state index in [1.807, 2.05) is 4.72 Å². The summed E-state index contributed by atoms with van der Waals surface area (Å²) in [5, 5.41) is 10.9. The topological polar surface area (TPSA) is 89.3 Å². The molecule has 6 nitrogen and oxygen atoms in total. The summed E-state index contributed by atoms with van der Waals surface area (Å²) in [6.45, 7) is 0. The third kappa shape index (κ3) is 3.77. The van der Waals surface area contributed by atoms with Crippen molar-refractivity contribution in [2.75, 3.05) is 4.72 Å². The van der Waals surface area contributed by atoms with Crippen molar-refractivity contribution in [3.63, 3.8) is 0 Å². The zero-order chi connectivity index (χ0) is 17.3. The van der Waals surface area contributed by atoms with Crippen LogP contribution >= 0.6 is 0 Å². The van der Waals surface area contributed by atoms with Gasteiger partial charge in [0.2, 0.25) is 0 Å². The van der Waals surface area contributed by atoms with Gasteiger partial charge in [0.15, 0.2) is 0 Å². The normalized spacial score (nSPS) is 12.0. The van der Waals surface area contributed by atoms with Crippen LogP contribution in [0.4, 0.5) is 24.5 Å². The number of nitro benzene ring substituents is 1. The maximum absolute atomic E-state index is 12.6. The van der Waals surface area contributed by atoms with Gasteiger partial charge >= 0.3 is 6.18 Å². The molecule has 0 aliphatic rings. The molecular formula is C13H9F3N2O4S. The summed E-state index contributed by atoms with van der Waals surface area (Å²) in [6.07, 6.45) is -4.78. The van der Waals surface area contributed by atoms with Crippen LogP contribution in [0, 0.1) is 10.1 Å². The molecule has 1 N–H and O–H groups in total. The Hall–Kier alpha value is -2.62. The second kappa shape index (κ2) is 5.88. The van der Waals surface area contributed by atoms with Gasteiger partial charge in [-0.25, -0.2) is 8.42 Å². The summed E-state index contributed by atoms with van der Waals surface area (Å²) in [6, 6.07) is 8.50. The lowest BCUT2D eigenvalue weighted by Crippen LogP contribution is -2.14. The largest absolute Gasteiger partial charge is 0.416 e. The molecule has 0 amide bonds. The molecule has 0 radical (unpaired) electrons. The van der Waals surface area contributed by atoms with Gasteiger partial charge in [0.1, 0.15) is 5.69 Å². The predicted molar refractivity (Wildman–Crippen MR) is 75.3 cm³/mol. The smallest absolute Gasteiger partial charge is 0.273 e. The highest BCUT2D eigenvalue weighted by molar-refractivity contribution is 7.92. The Morgan fingerprint density at radius 2 is 1.65 bits per heavy atom. The number of sulfonamides is 1. The number of alkyl halides is 3. The van der Waals surface area contributed by atoms with Crippen molar-refractivity contribution >= 4 is 21.4 Å². The van der Waals surface area contributed by atoms with Gasteiger partial charge in [0.25, 0.3) is 15.7 Å². The minimum Gasteiger partial charge on any atom is -0.273 e. The van der Waals surface area contributed by atoms with Gasteiger partial charge in [-0.15, -0.1) is 0 Å². The van der Waals surface area contributed by atoms with Gasteiger partial charge < -0.3 is 0 Å². The minimum atomic E-state index is -4.78. The number of nitro groups is 1. The molecule has 2 aromatic rings. The molecule has 0 unspecified atom stereocenters. The number of halogens is 3. The molecule has 0 bridgehead atoms. The summed E-state index contributed by atoms with van der Waals surface area (Å²) >= 11 is 0. The van der Waals surface area contributed by atoms with Crippen LogP contribution < -0.4 is 4.72 Å². The van der Waals surface area contributed by atoms with E-state index in [0.717, 1.165) is 0 Å². The highest BCUT2D eigenvalue weighted by atomic mass is 32.2. The van der Waals surface area contributed by atoms with E-state index < -0.39 is 38.1 Å². The van der Waals surface area contributed by atoms with Gasteiger partial charge in [-0.1, -0.05) is 18.2 Å². The van der Waals surface area contributed by atoms with Crippen LogP contribution in [-0.2, 0) is 16.2 Å². The molecule has 0 atom stereocenters. The molecule has 0 spiro atoms. The van der Waals surface area contributed by atoms with E-state index in [9.17, 15) is 31.7 Å². The van der Waals surface area contributed by atoms with Crippen molar-refractivity contribution in [1.29, 1.82) is 0 Å². The fourth-order valence-electron chi connectivity index (χ4n) is 1.75. The van der Waals surface area contributed by atoms with Crippen LogP contribution in [0.5, 0.6) is 0 Å². The van der Waals surface area contributed by atoms with Crippen molar-refractivity contribution in [3.8, 4) is 0 Å². The first kappa shape index (κ1) is 16.7. The summed E-state index contributed by atoms with van der Waals surface area (Å²) < 4.78 is 63.9. The van der Waals surface area contributed by atoms with Crippen LogP contribution in [0.3, 0.4) is 0 Å². The lowest BCUT2D eigenvalue weighted by Gasteiger charge is -2.11. The van der Waals surface area contributed by atoms with E-state index in [0.29, 0.717) is 12.1 Å². The molecule has 0 saturated heterocycles. The minimum absolute atomic E-state index is 0.172. The summed E-state index contributed by atoms with van der Waals surface area (Å²) in [5.41, 5.74) is -2.78. The highest BCUT2D eigenvalue weighted by Crippen LogP contribution is 2.35. The first-order valence-electron chi connectivity index (χ1n) is 6.05. The van der Waals surface area contributed by atoms with Crippen molar-refractivity contribution in [3.05, 3.63) is 64.2 Å². The summed E-state index contributed by atoms with van der Waals surface area (Å²) in [7, 11) is -4.15. The third-order valence-corrected chi connectivity index (χ3v) is 4.20. The zero-order valence-corrected chi connectivity index (χ0v) is 12.1. The van der Waals surface area contributed by atoms with Crippen molar-refractivity contribution < 1.29 is 26.5 Å². The number of nitrogens with one attached hydrogen (secondary N) is 1. The lowest BCUT2D eigenvalue weighted by molar-refractivity contribution is -0.384. The summed E-state index contributed by atoms with van der Waals surface area (Å²) in [4.78, 5) is 9.67. The predicted octanol–water partition coefficient (Wildman–Crippen LogP) is 3.41. The molecule has 0 aliphatic heterocycles. The second-order valence-electron chi connectivity index (χ2n) is 4.41. The molecule has 122 valence electrons. The van der Waals surface area contributed by atoms with Crippen LogP contribution in [0.1, 0.15) is 5.56 Å². The molecule has 10 heteroatoms. The van der Waals surface area contributed by atoms with Crippen molar-refractivity contribution in [2.24, 2.45) is 0 Å². The first-order valence-corrected chi connectivity index (χ1v) is 7.53. The number of nitrogens with zero attached hydrogens (tertiary/aromatic N) is 1. The van der Waals surface area contributed by atoms with E-state index in [1.165, 1.54) is 24.3 Å². The Labute approximate surface area is 128 Å².